The first-order valence-corrected chi connectivity index (χ1v) is 6.07. The van der Waals surface area contributed by atoms with Crippen LogP contribution in [0.5, 0.6) is 0 Å². The molecule has 1 aliphatic rings. The molecule has 5 heteroatoms. The minimum Gasteiger partial charge on any atom is -0.396 e. The van der Waals surface area contributed by atoms with E-state index in [1.807, 2.05) is 18.2 Å². The minimum absolute atomic E-state index is 0.0355. The molecule has 18 heavy (non-hydrogen) atoms. The van der Waals surface area contributed by atoms with E-state index in [1.54, 1.807) is 4.90 Å². The van der Waals surface area contributed by atoms with Crippen LogP contribution in [0.2, 0.25) is 0 Å². The highest BCUT2D eigenvalue weighted by Crippen LogP contribution is 2.32. The number of aliphatic hydroxyl groups excluding tert-OH is 2. The molecule has 0 radical (unpaired) electrons. The number of benzene rings is 1. The van der Waals surface area contributed by atoms with Crippen LogP contribution >= 0.6 is 0 Å². The molecule has 1 aliphatic heterocycles. The molecule has 1 atom stereocenters. The Kier molecular flexibility index (Phi) is 3.96. The number of nitrogens with zero attached hydrogens (tertiary/aromatic N) is 1. The second-order valence-corrected chi connectivity index (χ2v) is 4.46. The van der Waals surface area contributed by atoms with E-state index in [0.717, 1.165) is 16.8 Å². The first-order chi connectivity index (χ1) is 8.71. The molecule has 0 bridgehead atoms. The zero-order chi connectivity index (χ0) is 13.1. The van der Waals surface area contributed by atoms with Crippen molar-refractivity contribution in [1.82, 2.24) is 0 Å². The van der Waals surface area contributed by atoms with Gasteiger partial charge in [0.25, 0.3) is 0 Å². The highest BCUT2D eigenvalue weighted by Gasteiger charge is 2.32. The number of fused-ring (bicyclic) bond motifs is 1. The maximum atomic E-state index is 12.0. The summed E-state index contributed by atoms with van der Waals surface area (Å²) in [5.74, 6) is -0.0355. The Balaban J connectivity index is 2.32. The summed E-state index contributed by atoms with van der Waals surface area (Å²) < 4.78 is 0. The number of amides is 1. The molecule has 1 aromatic rings. The van der Waals surface area contributed by atoms with Crippen molar-refractivity contribution in [3.63, 3.8) is 0 Å². The lowest BCUT2D eigenvalue weighted by atomic mass is 10.1. The van der Waals surface area contributed by atoms with Gasteiger partial charge in [-0.15, -0.1) is 0 Å². The summed E-state index contributed by atoms with van der Waals surface area (Å²) in [6.45, 7) is 0.247. The second kappa shape index (κ2) is 5.48. The van der Waals surface area contributed by atoms with Crippen molar-refractivity contribution in [2.45, 2.75) is 25.4 Å². The Morgan fingerprint density at radius 1 is 1.39 bits per heavy atom. The van der Waals surface area contributed by atoms with Crippen LogP contribution in [0.25, 0.3) is 0 Å². The number of carbonyl (C=O) groups is 1. The Labute approximate surface area is 106 Å². The van der Waals surface area contributed by atoms with Crippen molar-refractivity contribution in [1.29, 1.82) is 0 Å². The number of anilines is 1. The van der Waals surface area contributed by atoms with E-state index in [0.29, 0.717) is 19.4 Å². The molecule has 0 saturated heterocycles. The molecular weight excluding hydrogens is 232 g/mol. The fraction of sp³-hybridized carbons (Fsp3) is 0.462. The third-order valence-electron chi connectivity index (χ3n) is 3.29. The van der Waals surface area contributed by atoms with Crippen LogP contribution in [0.15, 0.2) is 18.2 Å². The lowest BCUT2D eigenvalue weighted by molar-refractivity contribution is -0.118. The first-order valence-electron chi connectivity index (χ1n) is 6.07. The van der Waals surface area contributed by atoms with Gasteiger partial charge in [0.1, 0.15) is 0 Å². The van der Waals surface area contributed by atoms with E-state index in [9.17, 15) is 9.90 Å². The molecule has 1 amide bonds. The summed E-state index contributed by atoms with van der Waals surface area (Å²) in [6, 6.07) is 5.33. The molecule has 98 valence electrons. The van der Waals surface area contributed by atoms with Crippen LogP contribution in [0.1, 0.15) is 17.5 Å². The quantitative estimate of drug-likeness (QED) is 0.674. The molecular formula is C13H18N2O3. The zero-order valence-corrected chi connectivity index (χ0v) is 10.2. The van der Waals surface area contributed by atoms with E-state index >= 15 is 0 Å². The van der Waals surface area contributed by atoms with Gasteiger partial charge < -0.3 is 20.8 Å². The molecule has 0 saturated carbocycles. The van der Waals surface area contributed by atoms with Gasteiger partial charge in [0.2, 0.25) is 5.91 Å². The lowest BCUT2D eigenvalue weighted by Gasteiger charge is -2.26. The van der Waals surface area contributed by atoms with Gasteiger partial charge in [0.15, 0.2) is 0 Å². The van der Waals surface area contributed by atoms with Crippen molar-refractivity contribution < 1.29 is 15.0 Å². The van der Waals surface area contributed by atoms with Gasteiger partial charge >= 0.3 is 0 Å². The molecule has 1 aromatic carbocycles. The van der Waals surface area contributed by atoms with Crippen LogP contribution in [-0.4, -0.2) is 35.4 Å². The van der Waals surface area contributed by atoms with E-state index in [-0.39, 0.29) is 25.2 Å². The number of hydrogen-bond donors (Lipinski definition) is 3. The van der Waals surface area contributed by atoms with Crippen molar-refractivity contribution in [3.8, 4) is 0 Å². The van der Waals surface area contributed by atoms with Crippen LogP contribution < -0.4 is 10.6 Å². The van der Waals surface area contributed by atoms with Crippen molar-refractivity contribution in [3.05, 3.63) is 29.3 Å². The topological polar surface area (TPSA) is 86.8 Å². The van der Waals surface area contributed by atoms with Gasteiger partial charge in [0, 0.05) is 18.8 Å². The number of nitrogens with two attached hydrogens (primary N) is 1. The van der Waals surface area contributed by atoms with Gasteiger partial charge in [-0.2, -0.15) is 0 Å². The smallest absolute Gasteiger partial charge is 0.231 e. The SMILES string of the molecule is NCc1ccc2c(c1)CC(=O)N2C(CO)CCO. The summed E-state index contributed by atoms with van der Waals surface area (Å²) in [4.78, 5) is 13.6. The first kappa shape index (κ1) is 13.0. The third-order valence-corrected chi connectivity index (χ3v) is 3.29. The van der Waals surface area contributed by atoms with Gasteiger partial charge in [-0.05, 0) is 23.6 Å². The Hall–Kier alpha value is -1.43. The average molecular weight is 250 g/mol. The largest absolute Gasteiger partial charge is 0.396 e. The number of rotatable bonds is 5. The molecule has 2 rings (SSSR count). The molecule has 0 spiro atoms. The molecule has 5 nitrogen and oxygen atoms in total. The highest BCUT2D eigenvalue weighted by atomic mass is 16.3. The lowest BCUT2D eigenvalue weighted by Crippen LogP contribution is -2.41. The summed E-state index contributed by atoms with van der Waals surface area (Å²) in [5.41, 5.74) is 8.33. The maximum absolute atomic E-state index is 12.0. The van der Waals surface area contributed by atoms with Gasteiger partial charge in [-0.3, -0.25) is 4.79 Å². The second-order valence-electron chi connectivity index (χ2n) is 4.46. The average Bonchev–Trinajstić information content (AvgIpc) is 2.71. The van der Waals surface area contributed by atoms with Gasteiger partial charge in [0.05, 0.1) is 19.1 Å². The fourth-order valence-corrected chi connectivity index (χ4v) is 2.38. The summed E-state index contributed by atoms with van der Waals surface area (Å²) >= 11 is 0. The van der Waals surface area contributed by atoms with E-state index < -0.39 is 0 Å². The normalized spacial score (nSPS) is 15.9. The Bertz CT molecular complexity index is 448. The van der Waals surface area contributed by atoms with Crippen LogP contribution in [0.4, 0.5) is 5.69 Å². The van der Waals surface area contributed by atoms with Crippen molar-refractivity contribution >= 4 is 11.6 Å². The predicted molar refractivity (Wildman–Crippen MR) is 68.1 cm³/mol. The van der Waals surface area contributed by atoms with Crippen LogP contribution in [0, 0.1) is 0 Å². The standard InChI is InChI=1S/C13H18N2O3/c14-7-9-1-2-12-10(5-9)6-13(18)15(12)11(8-17)3-4-16/h1-2,5,11,16-17H,3-4,6-8,14H2. The van der Waals surface area contributed by atoms with E-state index in [4.69, 9.17) is 10.8 Å². The monoisotopic (exact) mass is 250 g/mol. The number of aliphatic hydroxyl groups is 2. The summed E-state index contributed by atoms with van der Waals surface area (Å²) in [7, 11) is 0. The van der Waals surface area contributed by atoms with Gasteiger partial charge in [-0.1, -0.05) is 12.1 Å². The molecule has 0 aromatic heterocycles. The minimum atomic E-state index is -0.354. The molecule has 1 unspecified atom stereocenters. The van der Waals surface area contributed by atoms with Crippen molar-refractivity contribution in [2.24, 2.45) is 5.73 Å². The summed E-state index contributed by atoms with van der Waals surface area (Å²) in [5, 5.41) is 18.3. The maximum Gasteiger partial charge on any atom is 0.231 e. The van der Waals surface area contributed by atoms with E-state index in [1.165, 1.54) is 0 Å². The highest BCUT2D eigenvalue weighted by molar-refractivity contribution is 6.02. The fourth-order valence-electron chi connectivity index (χ4n) is 2.38. The Morgan fingerprint density at radius 2 is 2.17 bits per heavy atom. The zero-order valence-electron chi connectivity index (χ0n) is 10.2. The molecule has 0 aliphatic carbocycles. The predicted octanol–water partition coefficient (Wildman–Crippen LogP) is -0.222. The number of carbonyl (C=O) groups excluding carboxylic acids is 1. The van der Waals surface area contributed by atoms with Crippen LogP contribution in [-0.2, 0) is 17.8 Å². The summed E-state index contributed by atoms with van der Waals surface area (Å²) in [6.07, 6.45) is 0.714. The van der Waals surface area contributed by atoms with Crippen molar-refractivity contribution in [2.75, 3.05) is 18.1 Å². The van der Waals surface area contributed by atoms with Crippen LogP contribution in [0.3, 0.4) is 0 Å². The Morgan fingerprint density at radius 3 is 2.78 bits per heavy atom. The molecule has 4 N–H and O–H groups in total. The molecule has 1 heterocycles. The third kappa shape index (κ3) is 2.25. The van der Waals surface area contributed by atoms with E-state index in [2.05, 4.69) is 0 Å². The number of hydrogen-bond acceptors (Lipinski definition) is 4. The molecule has 0 fully saturated rings. The van der Waals surface area contributed by atoms with Gasteiger partial charge in [-0.25, -0.2) is 0 Å².